The molecule has 1 unspecified atom stereocenters. The number of unbranched alkanes of at least 4 members (excludes halogenated alkanes) is 1. The van der Waals surface area contributed by atoms with E-state index in [-0.39, 0.29) is 0 Å². The van der Waals surface area contributed by atoms with Crippen LogP contribution in [0.25, 0.3) is 0 Å². The highest BCUT2D eigenvalue weighted by Crippen LogP contribution is 2.28. The van der Waals surface area contributed by atoms with Crippen molar-refractivity contribution in [1.82, 2.24) is 5.32 Å². The van der Waals surface area contributed by atoms with Crippen molar-refractivity contribution in [2.24, 2.45) is 5.92 Å². The van der Waals surface area contributed by atoms with E-state index in [0.29, 0.717) is 0 Å². The van der Waals surface area contributed by atoms with Gasteiger partial charge in [-0.05, 0) is 31.7 Å². The third-order valence-electron chi connectivity index (χ3n) is 3.93. The molecule has 1 heteroatoms. The Hall–Kier alpha value is -0.0400. The zero-order valence-electron chi connectivity index (χ0n) is 11.4. The molecule has 0 spiro atoms. The highest BCUT2D eigenvalue weighted by Gasteiger charge is 2.18. The Morgan fingerprint density at radius 1 is 1.06 bits per heavy atom. The van der Waals surface area contributed by atoms with E-state index in [1.54, 1.807) is 0 Å². The molecular weight excluding hydrogens is 194 g/mol. The maximum Gasteiger partial charge on any atom is 0.00696 e. The minimum absolute atomic E-state index is 0.808. The largest absolute Gasteiger partial charge is 0.314 e. The first-order valence-corrected chi connectivity index (χ1v) is 7.60. The molecule has 0 heterocycles. The van der Waals surface area contributed by atoms with Crippen molar-refractivity contribution in [3.05, 3.63) is 0 Å². The number of rotatable bonds is 8. The monoisotopic (exact) mass is 225 g/mol. The van der Waals surface area contributed by atoms with Crippen LogP contribution < -0.4 is 5.32 Å². The van der Waals surface area contributed by atoms with Gasteiger partial charge in [0.25, 0.3) is 0 Å². The maximum atomic E-state index is 3.75. The van der Waals surface area contributed by atoms with Crippen molar-refractivity contribution >= 4 is 0 Å². The van der Waals surface area contributed by atoms with Gasteiger partial charge in [-0.2, -0.15) is 0 Å². The summed E-state index contributed by atoms with van der Waals surface area (Å²) in [5, 5.41) is 3.75. The van der Waals surface area contributed by atoms with Crippen LogP contribution in [0.1, 0.15) is 78.1 Å². The first-order chi connectivity index (χ1) is 7.86. The number of hydrogen-bond acceptors (Lipinski definition) is 1. The molecule has 0 aromatic carbocycles. The quantitative estimate of drug-likeness (QED) is 0.640. The van der Waals surface area contributed by atoms with Crippen molar-refractivity contribution < 1.29 is 0 Å². The fourth-order valence-corrected chi connectivity index (χ4v) is 2.93. The predicted molar refractivity (Wildman–Crippen MR) is 72.8 cm³/mol. The molecule has 1 aliphatic carbocycles. The summed E-state index contributed by atoms with van der Waals surface area (Å²) < 4.78 is 0. The van der Waals surface area contributed by atoms with E-state index in [1.807, 2.05) is 0 Å². The average Bonchev–Trinajstić information content (AvgIpc) is 2.34. The molecule has 0 aromatic rings. The van der Waals surface area contributed by atoms with E-state index in [1.165, 1.54) is 70.8 Å². The lowest BCUT2D eigenvalue weighted by Crippen LogP contribution is -2.32. The number of hydrogen-bond donors (Lipinski definition) is 1. The molecule has 1 fully saturated rings. The predicted octanol–water partition coefficient (Wildman–Crippen LogP) is 4.52. The molecular formula is C15H31N. The van der Waals surface area contributed by atoms with Gasteiger partial charge in [0.15, 0.2) is 0 Å². The van der Waals surface area contributed by atoms with Gasteiger partial charge in [-0.3, -0.25) is 0 Å². The van der Waals surface area contributed by atoms with E-state index < -0.39 is 0 Å². The highest BCUT2D eigenvalue weighted by atomic mass is 14.9. The third kappa shape index (κ3) is 5.89. The van der Waals surface area contributed by atoms with Crippen molar-refractivity contribution in [2.75, 3.05) is 6.54 Å². The lowest BCUT2D eigenvalue weighted by atomic mass is 9.84. The smallest absolute Gasteiger partial charge is 0.00696 e. The van der Waals surface area contributed by atoms with Crippen LogP contribution in [0.15, 0.2) is 0 Å². The van der Waals surface area contributed by atoms with E-state index >= 15 is 0 Å². The molecule has 1 aliphatic rings. The van der Waals surface area contributed by atoms with Crippen LogP contribution in [0.4, 0.5) is 0 Å². The van der Waals surface area contributed by atoms with E-state index in [0.717, 1.165) is 12.0 Å². The van der Waals surface area contributed by atoms with Crippen LogP contribution in [-0.4, -0.2) is 12.6 Å². The summed E-state index contributed by atoms with van der Waals surface area (Å²) in [5.41, 5.74) is 0. The Labute approximate surface area is 102 Å². The van der Waals surface area contributed by atoms with Crippen LogP contribution in [0.2, 0.25) is 0 Å². The normalized spacial score (nSPS) is 19.9. The van der Waals surface area contributed by atoms with Crippen LogP contribution in [0, 0.1) is 5.92 Å². The molecule has 1 nitrogen and oxygen atoms in total. The number of nitrogens with one attached hydrogen (secondary N) is 1. The summed E-state index contributed by atoms with van der Waals surface area (Å²) in [4.78, 5) is 0. The lowest BCUT2D eigenvalue weighted by Gasteiger charge is -2.27. The van der Waals surface area contributed by atoms with Gasteiger partial charge in [-0.1, -0.05) is 58.8 Å². The lowest BCUT2D eigenvalue weighted by molar-refractivity contribution is 0.288. The Bertz CT molecular complexity index is 142. The third-order valence-corrected chi connectivity index (χ3v) is 3.93. The first kappa shape index (κ1) is 14.0. The highest BCUT2D eigenvalue weighted by molar-refractivity contribution is 4.74. The Balaban J connectivity index is 2.23. The van der Waals surface area contributed by atoms with Gasteiger partial charge in [0.1, 0.15) is 0 Å². The average molecular weight is 225 g/mol. The molecule has 96 valence electrons. The fraction of sp³-hybridized carbons (Fsp3) is 1.00. The van der Waals surface area contributed by atoms with Gasteiger partial charge >= 0.3 is 0 Å². The SMILES string of the molecule is CCCCC(CC1CCCCC1)NCCC. The van der Waals surface area contributed by atoms with Gasteiger partial charge in [0.05, 0.1) is 0 Å². The summed E-state index contributed by atoms with van der Waals surface area (Å²) >= 11 is 0. The zero-order chi connectivity index (χ0) is 11.6. The molecule has 0 aliphatic heterocycles. The molecule has 1 atom stereocenters. The van der Waals surface area contributed by atoms with Gasteiger partial charge in [-0.15, -0.1) is 0 Å². The van der Waals surface area contributed by atoms with Gasteiger partial charge in [-0.25, -0.2) is 0 Å². The maximum absolute atomic E-state index is 3.75. The molecule has 16 heavy (non-hydrogen) atoms. The minimum Gasteiger partial charge on any atom is -0.314 e. The summed E-state index contributed by atoms with van der Waals surface area (Å²) in [5.74, 6) is 1.03. The van der Waals surface area contributed by atoms with Crippen molar-refractivity contribution in [1.29, 1.82) is 0 Å². The van der Waals surface area contributed by atoms with E-state index in [2.05, 4.69) is 19.2 Å². The zero-order valence-corrected chi connectivity index (χ0v) is 11.4. The standard InChI is InChI=1S/C15H31N/c1-3-5-11-15(16-12-4-2)13-14-9-7-6-8-10-14/h14-16H,3-13H2,1-2H3. The Morgan fingerprint density at radius 3 is 2.44 bits per heavy atom. The van der Waals surface area contributed by atoms with Crippen molar-refractivity contribution in [3.8, 4) is 0 Å². The Morgan fingerprint density at radius 2 is 1.81 bits per heavy atom. The molecule has 0 radical (unpaired) electrons. The van der Waals surface area contributed by atoms with Gasteiger partial charge in [0, 0.05) is 6.04 Å². The second kappa shape index (κ2) is 9.04. The fourth-order valence-electron chi connectivity index (χ4n) is 2.93. The molecule has 0 amide bonds. The molecule has 1 saturated carbocycles. The van der Waals surface area contributed by atoms with Crippen LogP contribution >= 0.6 is 0 Å². The minimum atomic E-state index is 0.808. The summed E-state index contributed by atoms with van der Waals surface area (Å²) in [6, 6.07) is 0.808. The molecule has 0 aromatic heterocycles. The summed E-state index contributed by atoms with van der Waals surface area (Å²) in [6.07, 6.45) is 14.3. The molecule has 0 saturated heterocycles. The topological polar surface area (TPSA) is 12.0 Å². The van der Waals surface area contributed by atoms with E-state index in [4.69, 9.17) is 0 Å². The summed E-state index contributed by atoms with van der Waals surface area (Å²) in [6.45, 7) is 5.78. The molecule has 1 rings (SSSR count). The first-order valence-electron chi connectivity index (χ1n) is 7.60. The van der Waals surface area contributed by atoms with Crippen LogP contribution in [0.3, 0.4) is 0 Å². The van der Waals surface area contributed by atoms with Crippen LogP contribution in [0.5, 0.6) is 0 Å². The van der Waals surface area contributed by atoms with Crippen molar-refractivity contribution in [3.63, 3.8) is 0 Å². The van der Waals surface area contributed by atoms with Crippen molar-refractivity contribution in [2.45, 2.75) is 84.1 Å². The Kier molecular flexibility index (Phi) is 7.92. The second-order valence-corrected chi connectivity index (χ2v) is 5.53. The molecule has 1 N–H and O–H groups in total. The van der Waals surface area contributed by atoms with E-state index in [9.17, 15) is 0 Å². The summed E-state index contributed by atoms with van der Waals surface area (Å²) in [7, 11) is 0. The van der Waals surface area contributed by atoms with Crippen LogP contribution in [-0.2, 0) is 0 Å². The van der Waals surface area contributed by atoms with Gasteiger partial charge < -0.3 is 5.32 Å². The second-order valence-electron chi connectivity index (χ2n) is 5.53. The molecule has 0 bridgehead atoms. The van der Waals surface area contributed by atoms with Gasteiger partial charge in [0.2, 0.25) is 0 Å².